The van der Waals surface area contributed by atoms with Crippen molar-refractivity contribution in [2.24, 2.45) is 5.73 Å². The van der Waals surface area contributed by atoms with Crippen LogP contribution in [0.2, 0.25) is 0 Å². The molecular formula is C12H20F3N3O2S. The van der Waals surface area contributed by atoms with Crippen LogP contribution in [0.4, 0.5) is 13.2 Å². The van der Waals surface area contributed by atoms with Crippen molar-refractivity contribution in [1.29, 1.82) is 0 Å². The normalized spacial score (nSPS) is 13.1. The van der Waals surface area contributed by atoms with E-state index in [1.807, 2.05) is 13.8 Å². The molecule has 0 fully saturated rings. The summed E-state index contributed by atoms with van der Waals surface area (Å²) in [6.45, 7) is 3.69. The number of nitrogens with zero attached hydrogens (tertiary/aromatic N) is 1. The smallest absolute Gasteiger partial charge is 0.346 e. The van der Waals surface area contributed by atoms with Gasteiger partial charge >= 0.3 is 6.18 Å². The molecule has 0 unspecified atom stereocenters. The van der Waals surface area contributed by atoms with Crippen LogP contribution < -0.4 is 10.5 Å². The lowest BCUT2D eigenvalue weighted by atomic mass is 10.3. The van der Waals surface area contributed by atoms with Gasteiger partial charge in [-0.3, -0.25) is 0 Å². The number of rotatable bonds is 7. The van der Waals surface area contributed by atoms with E-state index in [-0.39, 0.29) is 30.4 Å². The summed E-state index contributed by atoms with van der Waals surface area (Å²) in [4.78, 5) is 0.0173. The third-order valence-electron chi connectivity index (χ3n) is 2.91. The molecule has 0 saturated heterocycles. The first-order chi connectivity index (χ1) is 9.57. The van der Waals surface area contributed by atoms with Crippen LogP contribution in [0.25, 0.3) is 0 Å². The molecule has 0 aliphatic rings. The highest BCUT2D eigenvalue weighted by molar-refractivity contribution is 7.89. The van der Waals surface area contributed by atoms with Crippen LogP contribution in [0.3, 0.4) is 0 Å². The summed E-state index contributed by atoms with van der Waals surface area (Å²) in [6.07, 6.45) is -4.15. The van der Waals surface area contributed by atoms with Crippen LogP contribution in [0.15, 0.2) is 17.2 Å². The average molecular weight is 327 g/mol. The summed E-state index contributed by atoms with van der Waals surface area (Å²) in [6, 6.07) is 1.48. The van der Waals surface area contributed by atoms with Crippen LogP contribution in [-0.2, 0) is 16.6 Å². The van der Waals surface area contributed by atoms with Gasteiger partial charge in [0, 0.05) is 37.4 Å². The Bertz CT molecular complexity index is 565. The van der Waals surface area contributed by atoms with Crippen molar-refractivity contribution in [3.05, 3.63) is 18.0 Å². The van der Waals surface area contributed by atoms with Crippen LogP contribution in [-0.4, -0.2) is 25.7 Å². The monoisotopic (exact) mass is 327 g/mol. The number of nitrogens with one attached hydrogen (secondary N) is 1. The second-order valence-electron chi connectivity index (χ2n) is 4.99. The number of alkyl halides is 3. The van der Waals surface area contributed by atoms with Gasteiger partial charge in [0.05, 0.1) is 4.90 Å². The van der Waals surface area contributed by atoms with Gasteiger partial charge in [-0.2, -0.15) is 13.2 Å². The predicted molar refractivity (Wildman–Crippen MR) is 73.2 cm³/mol. The van der Waals surface area contributed by atoms with Crippen molar-refractivity contribution in [2.75, 3.05) is 6.54 Å². The minimum Gasteiger partial charge on any atom is -0.346 e. The van der Waals surface area contributed by atoms with Gasteiger partial charge in [-0.05, 0) is 26.3 Å². The first-order valence-corrected chi connectivity index (χ1v) is 8.02. The molecule has 1 heterocycles. The van der Waals surface area contributed by atoms with E-state index < -0.39 is 22.6 Å². The van der Waals surface area contributed by atoms with Gasteiger partial charge in [0.15, 0.2) is 0 Å². The predicted octanol–water partition coefficient (Wildman–Crippen LogP) is 2.15. The Morgan fingerprint density at radius 2 is 2.00 bits per heavy atom. The van der Waals surface area contributed by atoms with Gasteiger partial charge in [0.2, 0.25) is 10.0 Å². The Hall–Kier alpha value is -1.06. The summed E-state index contributed by atoms with van der Waals surface area (Å²) in [7, 11) is -3.82. The van der Waals surface area contributed by atoms with Crippen molar-refractivity contribution < 1.29 is 21.6 Å². The number of hydrogen-bond donors (Lipinski definition) is 2. The van der Waals surface area contributed by atoms with E-state index in [9.17, 15) is 21.6 Å². The summed E-state index contributed by atoms with van der Waals surface area (Å²) < 4.78 is 63.9. The Balaban J connectivity index is 2.75. The highest BCUT2D eigenvalue weighted by Crippen LogP contribution is 2.21. The first-order valence-electron chi connectivity index (χ1n) is 6.54. The fourth-order valence-corrected chi connectivity index (χ4v) is 2.99. The lowest BCUT2D eigenvalue weighted by Crippen LogP contribution is -2.25. The van der Waals surface area contributed by atoms with E-state index >= 15 is 0 Å². The van der Waals surface area contributed by atoms with Gasteiger partial charge in [0.1, 0.15) is 0 Å². The maximum Gasteiger partial charge on any atom is 0.389 e. The Morgan fingerprint density at radius 3 is 2.43 bits per heavy atom. The number of aromatic nitrogens is 1. The first kappa shape index (κ1) is 18.0. The zero-order valence-corrected chi connectivity index (χ0v) is 12.8. The fraction of sp³-hybridized carbons (Fsp3) is 0.667. The molecule has 0 aromatic carbocycles. The minimum atomic E-state index is -4.28. The van der Waals surface area contributed by atoms with E-state index in [0.29, 0.717) is 5.69 Å². The maximum atomic E-state index is 12.0. The average Bonchev–Trinajstić information content (AvgIpc) is 2.78. The summed E-state index contributed by atoms with van der Waals surface area (Å²) >= 11 is 0. The summed E-state index contributed by atoms with van der Waals surface area (Å²) in [5.41, 5.74) is 6.21. The van der Waals surface area contributed by atoms with Crippen molar-refractivity contribution >= 4 is 10.0 Å². The van der Waals surface area contributed by atoms with E-state index in [2.05, 4.69) is 4.72 Å². The van der Waals surface area contributed by atoms with E-state index in [1.165, 1.54) is 12.3 Å². The van der Waals surface area contributed by atoms with Gasteiger partial charge in [-0.15, -0.1) is 0 Å². The topological polar surface area (TPSA) is 77.1 Å². The SMILES string of the molecule is CC(C)n1cc(S(=O)(=O)NCCCC(F)(F)F)cc1CN. The fourth-order valence-electron chi connectivity index (χ4n) is 1.87. The second-order valence-corrected chi connectivity index (χ2v) is 6.76. The number of hydrogen-bond acceptors (Lipinski definition) is 3. The molecule has 9 heteroatoms. The molecule has 21 heavy (non-hydrogen) atoms. The van der Waals surface area contributed by atoms with Gasteiger partial charge < -0.3 is 10.3 Å². The molecule has 5 nitrogen and oxygen atoms in total. The van der Waals surface area contributed by atoms with E-state index in [1.54, 1.807) is 4.57 Å². The Labute approximate surface area is 122 Å². The zero-order valence-electron chi connectivity index (χ0n) is 11.9. The molecule has 1 aromatic heterocycles. The molecule has 0 spiro atoms. The molecular weight excluding hydrogens is 307 g/mol. The standard InChI is InChI=1S/C12H20F3N3O2S/c1-9(2)18-8-11(6-10(18)7-16)21(19,20)17-5-3-4-12(13,14)15/h6,8-9,17H,3-5,7,16H2,1-2H3. The second kappa shape index (κ2) is 6.80. The third-order valence-corrected chi connectivity index (χ3v) is 4.34. The van der Waals surface area contributed by atoms with Crippen LogP contribution in [0.5, 0.6) is 0 Å². The van der Waals surface area contributed by atoms with Crippen LogP contribution in [0.1, 0.15) is 38.4 Å². The molecule has 0 saturated carbocycles. The lowest BCUT2D eigenvalue weighted by Gasteiger charge is -2.10. The molecule has 0 radical (unpaired) electrons. The van der Waals surface area contributed by atoms with Gasteiger partial charge in [-0.25, -0.2) is 13.1 Å². The molecule has 1 rings (SSSR count). The Morgan fingerprint density at radius 1 is 1.38 bits per heavy atom. The molecule has 1 aromatic rings. The highest BCUT2D eigenvalue weighted by Gasteiger charge is 2.26. The highest BCUT2D eigenvalue weighted by atomic mass is 32.2. The molecule has 0 atom stereocenters. The molecule has 3 N–H and O–H groups in total. The van der Waals surface area contributed by atoms with Crippen LogP contribution >= 0.6 is 0 Å². The minimum absolute atomic E-state index is 0.0173. The van der Waals surface area contributed by atoms with Crippen molar-refractivity contribution in [3.63, 3.8) is 0 Å². The largest absolute Gasteiger partial charge is 0.389 e. The molecule has 0 aliphatic carbocycles. The number of sulfonamides is 1. The Kier molecular flexibility index (Phi) is 5.83. The maximum absolute atomic E-state index is 12.0. The molecule has 0 amide bonds. The van der Waals surface area contributed by atoms with E-state index in [4.69, 9.17) is 5.73 Å². The van der Waals surface area contributed by atoms with E-state index in [0.717, 1.165) is 0 Å². The summed E-state index contributed by atoms with van der Waals surface area (Å²) in [5, 5.41) is 0. The van der Waals surface area contributed by atoms with Crippen molar-refractivity contribution in [2.45, 2.75) is 50.3 Å². The molecule has 122 valence electrons. The number of halogens is 3. The quantitative estimate of drug-likeness (QED) is 0.753. The lowest BCUT2D eigenvalue weighted by molar-refractivity contribution is -0.135. The third kappa shape index (κ3) is 5.33. The van der Waals surface area contributed by atoms with Gasteiger partial charge in [-0.1, -0.05) is 0 Å². The zero-order chi connectivity index (χ0) is 16.3. The molecule has 0 bridgehead atoms. The van der Waals surface area contributed by atoms with Crippen molar-refractivity contribution in [3.8, 4) is 0 Å². The molecule has 0 aliphatic heterocycles. The van der Waals surface area contributed by atoms with Crippen LogP contribution in [0, 0.1) is 0 Å². The number of nitrogens with two attached hydrogens (primary N) is 1. The van der Waals surface area contributed by atoms with Crippen molar-refractivity contribution in [1.82, 2.24) is 9.29 Å². The summed E-state index contributed by atoms with van der Waals surface area (Å²) in [5.74, 6) is 0. The van der Waals surface area contributed by atoms with Gasteiger partial charge in [0.25, 0.3) is 0 Å².